The molecule has 0 bridgehead atoms. The Morgan fingerprint density at radius 2 is 2.20 bits per heavy atom. The van der Waals surface area contributed by atoms with Gasteiger partial charge in [0.15, 0.2) is 0 Å². The summed E-state index contributed by atoms with van der Waals surface area (Å²) in [5.74, 6) is 0. The Bertz CT molecular complexity index is 308. The van der Waals surface area contributed by atoms with Gasteiger partial charge in [-0.25, -0.2) is 0 Å². The minimum Gasteiger partial charge on any atom is -0.383 e. The normalized spacial score (nSPS) is 12.8. The fourth-order valence-electron chi connectivity index (χ4n) is 1.67. The van der Waals surface area contributed by atoms with Crippen molar-refractivity contribution in [2.24, 2.45) is 0 Å². The predicted octanol–water partition coefficient (Wildman–Crippen LogP) is 3.05. The second-order valence-corrected chi connectivity index (χ2v) is 4.37. The van der Waals surface area contributed by atoms with Crippen LogP contribution in [0.4, 0.5) is 0 Å². The number of rotatable bonds is 5. The average Bonchev–Trinajstić information content (AvgIpc) is 2.22. The van der Waals surface area contributed by atoms with E-state index in [0.717, 1.165) is 11.0 Å². The molecule has 1 N–H and O–H groups in total. The first-order chi connectivity index (χ1) is 7.20. The molecular formula is C12H18BrNO. The van der Waals surface area contributed by atoms with Gasteiger partial charge < -0.3 is 10.1 Å². The molecule has 0 heterocycles. The monoisotopic (exact) mass is 271 g/mol. The average molecular weight is 272 g/mol. The topological polar surface area (TPSA) is 21.3 Å². The lowest BCUT2D eigenvalue weighted by Gasteiger charge is -2.20. The Morgan fingerprint density at radius 1 is 1.47 bits per heavy atom. The molecule has 0 amide bonds. The van der Waals surface area contributed by atoms with Gasteiger partial charge in [-0.15, -0.1) is 0 Å². The van der Waals surface area contributed by atoms with Gasteiger partial charge in [0, 0.05) is 11.6 Å². The number of halogens is 1. The number of hydrogen-bond acceptors (Lipinski definition) is 2. The van der Waals surface area contributed by atoms with Crippen molar-refractivity contribution >= 4 is 15.9 Å². The molecule has 0 aliphatic carbocycles. The summed E-state index contributed by atoms with van der Waals surface area (Å²) in [4.78, 5) is 0. The Hall–Kier alpha value is -0.380. The first-order valence-electron chi connectivity index (χ1n) is 5.18. The van der Waals surface area contributed by atoms with Crippen molar-refractivity contribution in [2.45, 2.75) is 19.9 Å². The van der Waals surface area contributed by atoms with Gasteiger partial charge in [0.2, 0.25) is 0 Å². The van der Waals surface area contributed by atoms with Crippen LogP contribution >= 0.6 is 15.9 Å². The van der Waals surface area contributed by atoms with Gasteiger partial charge in [-0.1, -0.05) is 35.0 Å². The van der Waals surface area contributed by atoms with Gasteiger partial charge in [0.05, 0.1) is 12.6 Å². The summed E-state index contributed by atoms with van der Waals surface area (Å²) >= 11 is 3.55. The van der Waals surface area contributed by atoms with Crippen LogP contribution < -0.4 is 5.32 Å². The second-order valence-electron chi connectivity index (χ2n) is 3.52. The third-order valence-electron chi connectivity index (χ3n) is 2.47. The molecule has 0 saturated heterocycles. The lowest BCUT2D eigenvalue weighted by Crippen LogP contribution is -2.25. The lowest BCUT2D eigenvalue weighted by molar-refractivity contribution is 0.167. The van der Waals surface area contributed by atoms with Crippen molar-refractivity contribution in [2.75, 3.05) is 20.3 Å². The number of hydrogen-bond donors (Lipinski definition) is 1. The molecule has 1 unspecified atom stereocenters. The molecule has 0 aliphatic rings. The molecule has 15 heavy (non-hydrogen) atoms. The van der Waals surface area contributed by atoms with Crippen molar-refractivity contribution in [1.82, 2.24) is 5.32 Å². The van der Waals surface area contributed by atoms with E-state index in [0.29, 0.717) is 6.61 Å². The number of ether oxygens (including phenoxy) is 1. The van der Waals surface area contributed by atoms with E-state index in [9.17, 15) is 0 Å². The summed E-state index contributed by atoms with van der Waals surface area (Å²) in [5.41, 5.74) is 2.58. The summed E-state index contributed by atoms with van der Waals surface area (Å²) in [6.45, 7) is 5.88. The highest BCUT2D eigenvalue weighted by molar-refractivity contribution is 9.10. The van der Waals surface area contributed by atoms with E-state index in [4.69, 9.17) is 4.74 Å². The molecule has 84 valence electrons. The van der Waals surface area contributed by atoms with E-state index < -0.39 is 0 Å². The second kappa shape index (κ2) is 6.26. The van der Waals surface area contributed by atoms with Crippen LogP contribution in [0.15, 0.2) is 22.7 Å². The summed E-state index contributed by atoms with van der Waals surface area (Å²) < 4.78 is 6.38. The lowest BCUT2D eigenvalue weighted by atomic mass is 10.0. The molecule has 1 aromatic carbocycles. The van der Waals surface area contributed by atoms with Crippen LogP contribution in [0.3, 0.4) is 0 Å². The summed E-state index contributed by atoms with van der Waals surface area (Å²) in [6.07, 6.45) is 0. The van der Waals surface area contributed by atoms with Gasteiger partial charge in [0.1, 0.15) is 0 Å². The van der Waals surface area contributed by atoms with Crippen molar-refractivity contribution in [1.29, 1.82) is 0 Å². The highest BCUT2D eigenvalue weighted by atomic mass is 79.9. The van der Waals surface area contributed by atoms with Gasteiger partial charge in [-0.05, 0) is 30.7 Å². The van der Waals surface area contributed by atoms with Crippen LogP contribution in [0, 0.1) is 6.92 Å². The van der Waals surface area contributed by atoms with Gasteiger partial charge in [-0.2, -0.15) is 0 Å². The Morgan fingerprint density at radius 3 is 2.80 bits per heavy atom. The highest BCUT2D eigenvalue weighted by Gasteiger charge is 2.13. The molecule has 2 nitrogen and oxygen atoms in total. The van der Waals surface area contributed by atoms with Crippen molar-refractivity contribution < 1.29 is 4.74 Å². The molecule has 0 spiro atoms. The zero-order valence-electron chi connectivity index (χ0n) is 9.51. The molecule has 1 aromatic rings. The number of benzene rings is 1. The maximum atomic E-state index is 5.23. The van der Waals surface area contributed by atoms with Gasteiger partial charge in [0.25, 0.3) is 0 Å². The predicted molar refractivity (Wildman–Crippen MR) is 67.2 cm³/mol. The van der Waals surface area contributed by atoms with E-state index in [1.54, 1.807) is 7.11 Å². The summed E-state index contributed by atoms with van der Waals surface area (Å²) in [7, 11) is 1.73. The van der Waals surface area contributed by atoms with E-state index in [1.807, 2.05) is 0 Å². The Kier molecular flexibility index (Phi) is 5.29. The van der Waals surface area contributed by atoms with Gasteiger partial charge in [-0.3, -0.25) is 0 Å². The van der Waals surface area contributed by atoms with Gasteiger partial charge >= 0.3 is 0 Å². The van der Waals surface area contributed by atoms with Crippen LogP contribution in [0.5, 0.6) is 0 Å². The highest BCUT2D eigenvalue weighted by Crippen LogP contribution is 2.24. The number of methoxy groups -OCH3 is 1. The molecule has 0 fully saturated rings. The molecule has 1 rings (SSSR count). The minimum absolute atomic E-state index is 0.275. The molecule has 0 radical (unpaired) electrons. The molecule has 3 heteroatoms. The van der Waals surface area contributed by atoms with Crippen molar-refractivity contribution in [3.63, 3.8) is 0 Å². The third kappa shape index (κ3) is 3.30. The fourth-order valence-corrected chi connectivity index (χ4v) is 2.05. The minimum atomic E-state index is 0.275. The van der Waals surface area contributed by atoms with E-state index in [1.165, 1.54) is 11.1 Å². The molecular weight excluding hydrogens is 254 g/mol. The molecule has 0 saturated carbocycles. The van der Waals surface area contributed by atoms with Crippen molar-refractivity contribution in [3.8, 4) is 0 Å². The smallest absolute Gasteiger partial charge is 0.0657 e. The van der Waals surface area contributed by atoms with E-state index in [2.05, 4.69) is 53.3 Å². The maximum absolute atomic E-state index is 5.23. The molecule has 0 aromatic heterocycles. The van der Waals surface area contributed by atoms with Crippen molar-refractivity contribution in [3.05, 3.63) is 33.8 Å². The standard InChI is InChI=1S/C12H18BrNO/c1-4-14-12(8-15-3)10-6-5-7-11(13)9(10)2/h5-7,12,14H,4,8H2,1-3H3. The maximum Gasteiger partial charge on any atom is 0.0657 e. The van der Waals surface area contributed by atoms with Crippen LogP contribution in [-0.4, -0.2) is 20.3 Å². The molecule has 1 atom stereocenters. The molecule has 0 aliphatic heterocycles. The SMILES string of the molecule is CCNC(COC)c1cccc(Br)c1C. The first-order valence-corrected chi connectivity index (χ1v) is 5.97. The zero-order valence-corrected chi connectivity index (χ0v) is 11.1. The first kappa shape index (κ1) is 12.7. The van der Waals surface area contributed by atoms with Crippen LogP contribution in [0.1, 0.15) is 24.1 Å². The quantitative estimate of drug-likeness (QED) is 0.889. The third-order valence-corrected chi connectivity index (χ3v) is 3.33. The Balaban J connectivity index is 2.94. The fraction of sp³-hybridized carbons (Fsp3) is 0.500. The number of likely N-dealkylation sites (N-methyl/N-ethyl adjacent to an activating group) is 1. The largest absolute Gasteiger partial charge is 0.383 e. The summed E-state index contributed by atoms with van der Waals surface area (Å²) in [5, 5.41) is 3.42. The van der Waals surface area contributed by atoms with E-state index in [-0.39, 0.29) is 6.04 Å². The summed E-state index contributed by atoms with van der Waals surface area (Å²) in [6, 6.07) is 6.55. The zero-order chi connectivity index (χ0) is 11.3. The van der Waals surface area contributed by atoms with Crippen LogP contribution in [-0.2, 0) is 4.74 Å². The van der Waals surface area contributed by atoms with Crippen LogP contribution in [0.2, 0.25) is 0 Å². The van der Waals surface area contributed by atoms with E-state index >= 15 is 0 Å². The Labute approximate surface area is 100 Å². The number of nitrogens with one attached hydrogen (secondary N) is 1. The van der Waals surface area contributed by atoms with Crippen LogP contribution in [0.25, 0.3) is 0 Å².